The standard InChI is InChI=1S/C8H8ClF3OS.C2H6/c1-2-4-3-5(9)6(14-4)7(13)8(10,11)12;1-2/h3,7,13H,2H2,1H3;1-2H3. The number of hydrogen-bond acceptors (Lipinski definition) is 2. The summed E-state index contributed by atoms with van der Waals surface area (Å²) < 4.78 is 36.4. The van der Waals surface area contributed by atoms with Crippen LogP contribution in [0.5, 0.6) is 0 Å². The van der Waals surface area contributed by atoms with E-state index in [2.05, 4.69) is 0 Å². The topological polar surface area (TPSA) is 20.2 Å². The van der Waals surface area contributed by atoms with Crippen LogP contribution in [0, 0.1) is 0 Å². The van der Waals surface area contributed by atoms with Crippen LogP contribution >= 0.6 is 22.9 Å². The molecule has 1 heterocycles. The van der Waals surface area contributed by atoms with E-state index < -0.39 is 12.3 Å². The molecule has 0 spiro atoms. The van der Waals surface area contributed by atoms with Gasteiger partial charge < -0.3 is 5.11 Å². The summed E-state index contributed by atoms with van der Waals surface area (Å²) >= 11 is 6.47. The van der Waals surface area contributed by atoms with Crippen molar-refractivity contribution in [2.45, 2.75) is 39.5 Å². The van der Waals surface area contributed by atoms with Crippen molar-refractivity contribution in [3.05, 3.63) is 20.8 Å². The van der Waals surface area contributed by atoms with Crippen LogP contribution in [0.4, 0.5) is 13.2 Å². The summed E-state index contributed by atoms with van der Waals surface area (Å²) in [5.74, 6) is 0. The molecular formula is C10H14ClF3OS. The highest BCUT2D eigenvalue weighted by Crippen LogP contribution is 2.40. The van der Waals surface area contributed by atoms with Crippen molar-refractivity contribution in [1.29, 1.82) is 0 Å². The molecular weight excluding hydrogens is 261 g/mol. The van der Waals surface area contributed by atoms with E-state index in [1.54, 1.807) is 0 Å². The maximum Gasteiger partial charge on any atom is 0.419 e. The van der Waals surface area contributed by atoms with Crippen LogP contribution in [0.25, 0.3) is 0 Å². The lowest BCUT2D eigenvalue weighted by Crippen LogP contribution is -2.19. The molecule has 0 radical (unpaired) electrons. The predicted octanol–water partition coefficient (Wildman–Crippen LogP) is 4.59. The summed E-state index contributed by atoms with van der Waals surface area (Å²) in [7, 11) is 0. The SMILES string of the molecule is CC.CCc1cc(Cl)c(C(O)C(F)(F)F)s1. The number of aliphatic hydroxyl groups is 1. The minimum Gasteiger partial charge on any atom is -0.379 e. The smallest absolute Gasteiger partial charge is 0.379 e. The molecule has 0 aromatic carbocycles. The summed E-state index contributed by atoms with van der Waals surface area (Å²) in [5.41, 5.74) is 0. The number of thiophene rings is 1. The lowest BCUT2D eigenvalue weighted by Gasteiger charge is -2.12. The number of hydrogen-bond donors (Lipinski definition) is 1. The Balaban J connectivity index is 0.00000106. The van der Waals surface area contributed by atoms with Crippen molar-refractivity contribution in [2.75, 3.05) is 0 Å². The quantitative estimate of drug-likeness (QED) is 0.836. The zero-order valence-electron chi connectivity index (χ0n) is 9.23. The molecule has 0 amide bonds. The van der Waals surface area contributed by atoms with E-state index >= 15 is 0 Å². The largest absolute Gasteiger partial charge is 0.419 e. The third-order valence-electron chi connectivity index (χ3n) is 1.67. The van der Waals surface area contributed by atoms with Crippen molar-refractivity contribution in [3.8, 4) is 0 Å². The normalized spacial score (nSPS) is 13.0. The van der Waals surface area contributed by atoms with Crippen molar-refractivity contribution in [2.24, 2.45) is 0 Å². The third kappa shape index (κ3) is 3.96. The van der Waals surface area contributed by atoms with E-state index in [9.17, 15) is 13.2 Å². The summed E-state index contributed by atoms with van der Waals surface area (Å²) in [4.78, 5) is 0.504. The molecule has 16 heavy (non-hydrogen) atoms. The fraction of sp³-hybridized carbons (Fsp3) is 0.600. The van der Waals surface area contributed by atoms with Gasteiger partial charge in [0.25, 0.3) is 0 Å². The Morgan fingerprint density at radius 3 is 2.25 bits per heavy atom. The number of halogens is 4. The van der Waals surface area contributed by atoms with E-state index in [4.69, 9.17) is 16.7 Å². The van der Waals surface area contributed by atoms with Crippen molar-refractivity contribution in [1.82, 2.24) is 0 Å². The summed E-state index contributed by atoms with van der Waals surface area (Å²) in [5, 5.41) is 8.93. The van der Waals surface area contributed by atoms with Gasteiger partial charge in [-0.1, -0.05) is 32.4 Å². The second-order valence-corrected chi connectivity index (χ2v) is 4.30. The zero-order chi connectivity index (χ0) is 12.9. The van der Waals surface area contributed by atoms with Crippen LogP contribution in [-0.2, 0) is 6.42 Å². The van der Waals surface area contributed by atoms with E-state index in [0.29, 0.717) is 6.42 Å². The first-order chi connectivity index (χ1) is 7.36. The van der Waals surface area contributed by atoms with Gasteiger partial charge in [-0.2, -0.15) is 13.2 Å². The lowest BCUT2D eigenvalue weighted by molar-refractivity contribution is -0.205. The Kier molecular flexibility index (Phi) is 6.36. The van der Waals surface area contributed by atoms with E-state index in [0.717, 1.165) is 16.2 Å². The fourth-order valence-corrected chi connectivity index (χ4v) is 2.36. The summed E-state index contributed by atoms with van der Waals surface area (Å²) in [6.45, 7) is 5.81. The first kappa shape index (κ1) is 15.7. The summed E-state index contributed by atoms with van der Waals surface area (Å²) in [6, 6.07) is 1.45. The van der Waals surface area contributed by atoms with Crippen molar-refractivity contribution < 1.29 is 18.3 Å². The predicted molar refractivity (Wildman–Crippen MR) is 61.1 cm³/mol. The van der Waals surface area contributed by atoms with Gasteiger partial charge in [0.2, 0.25) is 0 Å². The number of alkyl halides is 3. The molecule has 1 N–H and O–H groups in total. The highest BCUT2D eigenvalue weighted by Gasteiger charge is 2.41. The Bertz CT molecular complexity index is 322. The average molecular weight is 275 g/mol. The maximum absolute atomic E-state index is 12.1. The molecule has 1 atom stereocenters. The van der Waals surface area contributed by atoms with Gasteiger partial charge in [-0.15, -0.1) is 11.3 Å². The van der Waals surface area contributed by atoms with E-state index in [1.165, 1.54) is 6.07 Å². The van der Waals surface area contributed by atoms with Gasteiger partial charge in [-0.25, -0.2) is 0 Å². The van der Waals surface area contributed by atoms with Gasteiger partial charge in [0.15, 0.2) is 6.10 Å². The monoisotopic (exact) mass is 274 g/mol. The number of aryl methyl sites for hydroxylation is 1. The Hall–Kier alpha value is -0.260. The molecule has 94 valence electrons. The molecule has 0 aliphatic carbocycles. The molecule has 0 bridgehead atoms. The Labute approximate surface area is 102 Å². The second kappa shape index (κ2) is 6.47. The first-order valence-electron chi connectivity index (χ1n) is 4.89. The molecule has 1 aromatic rings. The molecule has 0 saturated heterocycles. The molecule has 0 fully saturated rings. The second-order valence-electron chi connectivity index (χ2n) is 2.72. The molecule has 1 aromatic heterocycles. The highest BCUT2D eigenvalue weighted by atomic mass is 35.5. The Morgan fingerprint density at radius 1 is 1.44 bits per heavy atom. The van der Waals surface area contributed by atoms with E-state index in [-0.39, 0.29) is 9.90 Å². The molecule has 6 heteroatoms. The van der Waals surface area contributed by atoms with Gasteiger partial charge in [-0.05, 0) is 12.5 Å². The Morgan fingerprint density at radius 2 is 1.94 bits per heavy atom. The third-order valence-corrected chi connectivity index (χ3v) is 3.43. The molecule has 0 aliphatic heterocycles. The van der Waals surface area contributed by atoms with Gasteiger partial charge in [0, 0.05) is 4.88 Å². The highest BCUT2D eigenvalue weighted by molar-refractivity contribution is 7.12. The first-order valence-corrected chi connectivity index (χ1v) is 6.08. The van der Waals surface area contributed by atoms with Crippen LogP contribution in [0.2, 0.25) is 5.02 Å². The molecule has 0 saturated carbocycles. The minimum absolute atomic E-state index is 0.0170. The van der Waals surface area contributed by atoms with Crippen LogP contribution in [0.3, 0.4) is 0 Å². The fourth-order valence-electron chi connectivity index (χ4n) is 0.941. The van der Waals surface area contributed by atoms with Crippen LogP contribution in [0.1, 0.15) is 36.6 Å². The van der Waals surface area contributed by atoms with Crippen LogP contribution < -0.4 is 0 Å². The van der Waals surface area contributed by atoms with Crippen LogP contribution in [-0.4, -0.2) is 11.3 Å². The maximum atomic E-state index is 12.1. The van der Waals surface area contributed by atoms with Gasteiger partial charge in [0.05, 0.1) is 9.90 Å². The number of aliphatic hydroxyl groups excluding tert-OH is 1. The molecule has 1 nitrogen and oxygen atoms in total. The minimum atomic E-state index is -4.65. The number of rotatable bonds is 2. The van der Waals surface area contributed by atoms with Gasteiger partial charge >= 0.3 is 6.18 Å². The lowest BCUT2D eigenvalue weighted by atomic mass is 10.3. The van der Waals surface area contributed by atoms with E-state index in [1.807, 2.05) is 20.8 Å². The average Bonchev–Trinajstić information content (AvgIpc) is 2.60. The zero-order valence-corrected chi connectivity index (χ0v) is 10.8. The van der Waals surface area contributed by atoms with Gasteiger partial charge in [0.1, 0.15) is 0 Å². The summed E-state index contributed by atoms with van der Waals surface area (Å²) in [6.07, 6.45) is -6.52. The molecule has 1 unspecified atom stereocenters. The van der Waals surface area contributed by atoms with Crippen molar-refractivity contribution >= 4 is 22.9 Å². The van der Waals surface area contributed by atoms with Crippen LogP contribution in [0.15, 0.2) is 6.07 Å². The van der Waals surface area contributed by atoms with Gasteiger partial charge in [-0.3, -0.25) is 0 Å². The van der Waals surface area contributed by atoms with Crippen molar-refractivity contribution in [3.63, 3.8) is 0 Å². The molecule has 0 aliphatic rings. The molecule has 1 rings (SSSR count).